The molecule has 12 rings (SSSR count). The van der Waals surface area contributed by atoms with Crippen molar-refractivity contribution in [1.29, 1.82) is 0 Å². The first-order valence-electron chi connectivity index (χ1n) is 21.0. The lowest BCUT2D eigenvalue weighted by atomic mass is 9.67. The molecule has 10 aromatic carbocycles. The second-order valence-corrected chi connectivity index (χ2v) is 17.1. The lowest BCUT2D eigenvalue weighted by Gasteiger charge is -2.35. The molecule has 1 heterocycles. The fourth-order valence-electron chi connectivity index (χ4n) is 10.0. The molecule has 0 aliphatic heterocycles. The summed E-state index contributed by atoms with van der Waals surface area (Å²) < 4.78 is 2.63. The van der Waals surface area contributed by atoms with E-state index in [1.807, 2.05) is 11.3 Å². The van der Waals surface area contributed by atoms with E-state index >= 15 is 0 Å². The molecule has 0 N–H and O–H groups in total. The average Bonchev–Trinajstić information content (AvgIpc) is 3.85. The highest BCUT2D eigenvalue weighted by atomic mass is 32.1. The van der Waals surface area contributed by atoms with Crippen molar-refractivity contribution in [3.8, 4) is 33.4 Å². The first-order chi connectivity index (χ1) is 30.2. The van der Waals surface area contributed by atoms with E-state index in [-0.39, 0.29) is 0 Å². The Morgan fingerprint density at radius 1 is 0.311 bits per heavy atom. The van der Waals surface area contributed by atoms with Crippen LogP contribution in [0.5, 0.6) is 0 Å². The summed E-state index contributed by atoms with van der Waals surface area (Å²) in [7, 11) is 0. The van der Waals surface area contributed by atoms with Gasteiger partial charge in [0, 0.05) is 37.2 Å². The summed E-state index contributed by atoms with van der Waals surface area (Å²) in [6.07, 6.45) is 0. The number of rotatable bonds is 7. The molecule has 0 unspecified atom stereocenters. The molecule has 0 saturated carbocycles. The molecule has 1 nitrogen and oxygen atoms in total. The van der Waals surface area contributed by atoms with Crippen molar-refractivity contribution in [2.75, 3.05) is 4.90 Å². The normalized spacial score (nSPS) is 12.7. The number of benzene rings is 10. The minimum Gasteiger partial charge on any atom is -0.310 e. The molecule has 61 heavy (non-hydrogen) atoms. The maximum atomic E-state index is 2.47. The predicted molar refractivity (Wildman–Crippen MR) is 260 cm³/mol. The Bertz CT molecular complexity index is 3390. The van der Waals surface area contributed by atoms with E-state index in [4.69, 9.17) is 0 Å². The molecule has 0 atom stereocenters. The molecule has 0 spiro atoms. The highest BCUT2D eigenvalue weighted by Crippen LogP contribution is 2.57. The Kier molecular flexibility index (Phi) is 8.33. The van der Waals surface area contributed by atoms with Crippen LogP contribution < -0.4 is 4.90 Å². The van der Waals surface area contributed by atoms with Crippen molar-refractivity contribution in [3.63, 3.8) is 0 Å². The summed E-state index contributed by atoms with van der Waals surface area (Å²) in [5.41, 5.74) is 15.2. The van der Waals surface area contributed by atoms with Gasteiger partial charge in [0.05, 0.1) is 5.41 Å². The van der Waals surface area contributed by atoms with Gasteiger partial charge in [-0.05, 0) is 115 Å². The van der Waals surface area contributed by atoms with Crippen LogP contribution in [0.25, 0.3) is 64.3 Å². The van der Waals surface area contributed by atoms with Gasteiger partial charge in [-0.1, -0.05) is 188 Å². The molecule has 11 aromatic rings. The fraction of sp³-hybridized carbons (Fsp3) is 0.0169. The molecular formula is C59H39NS. The van der Waals surface area contributed by atoms with E-state index in [0.29, 0.717) is 0 Å². The number of thiophene rings is 1. The van der Waals surface area contributed by atoms with E-state index in [0.717, 1.165) is 17.1 Å². The van der Waals surface area contributed by atoms with Gasteiger partial charge < -0.3 is 4.90 Å². The smallest absolute Gasteiger partial charge is 0.0714 e. The summed E-state index contributed by atoms with van der Waals surface area (Å²) in [6.45, 7) is 0. The van der Waals surface area contributed by atoms with Crippen molar-refractivity contribution in [2.45, 2.75) is 5.41 Å². The van der Waals surface area contributed by atoms with Gasteiger partial charge in [0.15, 0.2) is 0 Å². The van der Waals surface area contributed by atoms with Gasteiger partial charge in [-0.25, -0.2) is 0 Å². The van der Waals surface area contributed by atoms with Gasteiger partial charge in [-0.2, -0.15) is 0 Å². The lowest BCUT2D eigenvalue weighted by molar-refractivity contribution is 0.768. The molecule has 0 saturated heterocycles. The highest BCUT2D eigenvalue weighted by molar-refractivity contribution is 7.25. The van der Waals surface area contributed by atoms with Crippen LogP contribution in [0.3, 0.4) is 0 Å². The maximum Gasteiger partial charge on any atom is 0.0714 e. The van der Waals surface area contributed by atoms with Crippen molar-refractivity contribution >= 4 is 59.3 Å². The quantitative estimate of drug-likeness (QED) is 0.155. The minimum absolute atomic E-state index is 0.511. The van der Waals surface area contributed by atoms with Gasteiger partial charge in [-0.3, -0.25) is 0 Å². The zero-order chi connectivity index (χ0) is 40.3. The van der Waals surface area contributed by atoms with Crippen LogP contribution in [-0.2, 0) is 5.41 Å². The first-order valence-corrected chi connectivity index (χ1v) is 21.8. The Balaban J connectivity index is 1.09. The van der Waals surface area contributed by atoms with Gasteiger partial charge in [0.2, 0.25) is 0 Å². The Morgan fingerprint density at radius 2 is 0.869 bits per heavy atom. The van der Waals surface area contributed by atoms with E-state index < -0.39 is 5.41 Å². The lowest BCUT2D eigenvalue weighted by Crippen LogP contribution is -2.28. The third-order valence-corrected chi connectivity index (χ3v) is 13.9. The van der Waals surface area contributed by atoms with Crippen LogP contribution in [0.4, 0.5) is 17.1 Å². The summed E-state index contributed by atoms with van der Waals surface area (Å²) in [5, 5.41) is 5.12. The molecule has 1 aliphatic carbocycles. The maximum absolute atomic E-state index is 2.47. The molecule has 0 amide bonds. The van der Waals surface area contributed by atoms with Crippen LogP contribution in [0.15, 0.2) is 237 Å². The van der Waals surface area contributed by atoms with Crippen LogP contribution in [0.1, 0.15) is 22.3 Å². The third-order valence-electron chi connectivity index (χ3n) is 12.7. The second kappa shape index (κ2) is 14.3. The summed E-state index contributed by atoms with van der Waals surface area (Å²) in [6, 6.07) is 87.4. The van der Waals surface area contributed by atoms with Crippen LogP contribution in [0, 0.1) is 0 Å². The number of hydrogen-bond acceptors (Lipinski definition) is 2. The van der Waals surface area contributed by atoms with E-state index in [1.165, 1.54) is 86.6 Å². The fourth-order valence-corrected chi connectivity index (χ4v) is 11.2. The predicted octanol–water partition coefficient (Wildman–Crippen LogP) is 16.4. The standard InChI is InChI=1S/C59H39NS/c1-3-20-44(21-4-1)59(45-22-5-2-6-23-45)55-30-11-9-27-51(55)52-35-33-48(39-56(52)59)60(47-25-14-19-43(37-47)50-29-15-17-40-16-7-8-26-49(40)50)46-24-13-18-41(36-46)42-32-34-54-53-28-10-12-31-57(53)61-58(54)38-42/h1-39H. The van der Waals surface area contributed by atoms with Gasteiger partial charge in [0.1, 0.15) is 0 Å². The minimum atomic E-state index is -0.511. The van der Waals surface area contributed by atoms with Crippen LogP contribution in [0.2, 0.25) is 0 Å². The number of fused-ring (bicyclic) bond motifs is 7. The summed E-state index contributed by atoms with van der Waals surface area (Å²) in [5.74, 6) is 0. The van der Waals surface area contributed by atoms with Gasteiger partial charge >= 0.3 is 0 Å². The first kappa shape index (κ1) is 35.4. The van der Waals surface area contributed by atoms with E-state index in [2.05, 4.69) is 241 Å². The molecular weight excluding hydrogens is 755 g/mol. The average molecular weight is 794 g/mol. The number of hydrogen-bond donors (Lipinski definition) is 0. The molecule has 2 heteroatoms. The summed E-state index contributed by atoms with van der Waals surface area (Å²) >= 11 is 1.87. The molecule has 0 radical (unpaired) electrons. The zero-order valence-electron chi connectivity index (χ0n) is 33.4. The van der Waals surface area contributed by atoms with Gasteiger partial charge in [-0.15, -0.1) is 11.3 Å². The van der Waals surface area contributed by atoms with E-state index in [9.17, 15) is 0 Å². The third kappa shape index (κ3) is 5.68. The molecule has 1 aliphatic rings. The topological polar surface area (TPSA) is 3.24 Å². The van der Waals surface area contributed by atoms with E-state index in [1.54, 1.807) is 0 Å². The van der Waals surface area contributed by atoms with Gasteiger partial charge in [0.25, 0.3) is 0 Å². The number of anilines is 3. The van der Waals surface area contributed by atoms with Crippen molar-refractivity contribution in [1.82, 2.24) is 0 Å². The zero-order valence-corrected chi connectivity index (χ0v) is 34.2. The highest BCUT2D eigenvalue weighted by Gasteiger charge is 2.46. The monoisotopic (exact) mass is 793 g/mol. The number of nitrogens with zero attached hydrogens (tertiary/aromatic N) is 1. The van der Waals surface area contributed by atoms with Crippen molar-refractivity contribution < 1.29 is 0 Å². The Hall–Kier alpha value is -7.52. The molecule has 286 valence electrons. The van der Waals surface area contributed by atoms with Crippen molar-refractivity contribution in [3.05, 3.63) is 259 Å². The Labute approximate surface area is 360 Å². The van der Waals surface area contributed by atoms with Crippen LogP contribution >= 0.6 is 11.3 Å². The molecule has 0 fully saturated rings. The molecule has 1 aromatic heterocycles. The SMILES string of the molecule is c1ccc(C2(c3ccccc3)c3ccccc3-c3ccc(N(c4cccc(-c5ccc6c(c5)sc5ccccc56)c4)c4cccc(-c5cccc6ccccc56)c4)cc32)cc1. The Morgan fingerprint density at radius 3 is 1.67 bits per heavy atom. The second-order valence-electron chi connectivity index (χ2n) is 16.0. The summed E-state index contributed by atoms with van der Waals surface area (Å²) in [4.78, 5) is 2.46. The van der Waals surface area contributed by atoms with Crippen LogP contribution in [-0.4, -0.2) is 0 Å². The van der Waals surface area contributed by atoms with Crippen molar-refractivity contribution in [2.24, 2.45) is 0 Å². The molecule has 0 bridgehead atoms. The largest absolute Gasteiger partial charge is 0.310 e.